The molecule has 0 aromatic heterocycles. The Kier molecular flexibility index (Phi) is 3.31. The lowest BCUT2D eigenvalue weighted by atomic mass is 10.3. The van der Waals surface area contributed by atoms with E-state index in [0.717, 1.165) is 25.7 Å². The monoisotopic (exact) mass is 236 g/mol. The Morgan fingerprint density at radius 2 is 1.24 bits per heavy atom. The molecule has 4 heteroatoms. The molecule has 2 aliphatic rings. The maximum absolute atomic E-state index is 11.3. The van der Waals surface area contributed by atoms with Crippen LogP contribution in [-0.2, 0) is 19.1 Å². The van der Waals surface area contributed by atoms with Gasteiger partial charge in [-0.15, -0.1) is 0 Å². The average molecular weight is 236 g/mol. The Bertz CT molecular complexity index is 339. The van der Waals surface area contributed by atoms with Crippen LogP contribution in [0.15, 0.2) is 24.7 Å². The van der Waals surface area contributed by atoms with Crippen LogP contribution in [0.25, 0.3) is 0 Å². The van der Waals surface area contributed by atoms with Gasteiger partial charge in [0.1, 0.15) is 17.9 Å². The molecule has 0 aliphatic heterocycles. The normalized spacial score (nSPS) is 18.4. The van der Waals surface area contributed by atoms with Gasteiger partial charge in [0.2, 0.25) is 0 Å². The first-order chi connectivity index (χ1) is 8.06. The number of allylic oxidation sites excluding steroid dienone is 2. The molecule has 2 fully saturated rings. The molecule has 0 N–H and O–H groups in total. The summed E-state index contributed by atoms with van der Waals surface area (Å²) in [6.45, 7) is 7.30. The summed E-state index contributed by atoms with van der Waals surface area (Å²) >= 11 is 0. The van der Waals surface area contributed by atoms with E-state index in [1.54, 1.807) is 0 Å². The van der Waals surface area contributed by atoms with Gasteiger partial charge in [0.25, 0.3) is 0 Å². The van der Waals surface area contributed by atoms with E-state index in [1.165, 1.54) is 0 Å². The van der Waals surface area contributed by atoms with Gasteiger partial charge in [-0.2, -0.15) is 0 Å². The summed E-state index contributed by atoms with van der Waals surface area (Å²) in [5, 5.41) is 0. The van der Waals surface area contributed by atoms with Crippen molar-refractivity contribution in [3.05, 3.63) is 24.7 Å². The van der Waals surface area contributed by atoms with Crippen LogP contribution in [0, 0.1) is 11.8 Å². The lowest BCUT2D eigenvalue weighted by Crippen LogP contribution is -2.14. The van der Waals surface area contributed by atoms with Crippen molar-refractivity contribution >= 4 is 11.9 Å². The topological polar surface area (TPSA) is 52.6 Å². The zero-order valence-corrected chi connectivity index (χ0v) is 9.74. The number of hydrogen-bond acceptors (Lipinski definition) is 4. The molecule has 0 unspecified atom stereocenters. The Hall–Kier alpha value is -1.58. The van der Waals surface area contributed by atoms with Crippen LogP contribution < -0.4 is 0 Å². The van der Waals surface area contributed by atoms with Crippen LogP contribution in [-0.4, -0.2) is 11.9 Å². The van der Waals surface area contributed by atoms with Crippen LogP contribution in [0.2, 0.25) is 0 Å². The van der Waals surface area contributed by atoms with E-state index in [1.807, 2.05) is 0 Å². The van der Waals surface area contributed by atoms with Crippen LogP contribution in [0.3, 0.4) is 0 Å². The maximum atomic E-state index is 11.3. The smallest absolute Gasteiger partial charge is 0.322 e. The van der Waals surface area contributed by atoms with Gasteiger partial charge in [-0.1, -0.05) is 13.2 Å². The van der Waals surface area contributed by atoms with Gasteiger partial charge >= 0.3 is 11.9 Å². The minimum atomic E-state index is -0.601. The predicted molar refractivity (Wildman–Crippen MR) is 60.5 cm³/mol. The number of carbonyl (C=O) groups is 2. The van der Waals surface area contributed by atoms with Crippen LogP contribution in [0.4, 0.5) is 0 Å². The zero-order chi connectivity index (χ0) is 12.4. The van der Waals surface area contributed by atoms with Gasteiger partial charge in [0, 0.05) is 11.8 Å². The highest BCUT2D eigenvalue weighted by Crippen LogP contribution is 2.37. The van der Waals surface area contributed by atoms with Crippen molar-refractivity contribution in [1.82, 2.24) is 0 Å². The third kappa shape index (κ3) is 3.73. The van der Waals surface area contributed by atoms with Gasteiger partial charge < -0.3 is 9.47 Å². The minimum absolute atomic E-state index is 0.288. The molecule has 4 nitrogen and oxygen atoms in total. The van der Waals surface area contributed by atoms with Crippen molar-refractivity contribution in [3.8, 4) is 0 Å². The fourth-order valence-electron chi connectivity index (χ4n) is 1.46. The van der Waals surface area contributed by atoms with Crippen molar-refractivity contribution in [2.75, 3.05) is 0 Å². The molecule has 2 saturated carbocycles. The Balaban J connectivity index is 1.67. The predicted octanol–water partition coefficient (Wildman–Crippen LogP) is 2.31. The highest BCUT2D eigenvalue weighted by atomic mass is 16.6. The fourth-order valence-corrected chi connectivity index (χ4v) is 1.46. The molecule has 0 saturated heterocycles. The van der Waals surface area contributed by atoms with Gasteiger partial charge in [-0.3, -0.25) is 9.59 Å². The van der Waals surface area contributed by atoms with E-state index in [4.69, 9.17) is 9.47 Å². The molecule has 0 amide bonds. The fraction of sp³-hybridized carbons (Fsp3) is 0.538. The molecule has 2 rings (SSSR count). The van der Waals surface area contributed by atoms with Crippen LogP contribution >= 0.6 is 0 Å². The summed E-state index contributed by atoms with van der Waals surface area (Å²) in [6.07, 6.45) is 3.66. The van der Waals surface area contributed by atoms with E-state index in [-0.39, 0.29) is 18.3 Å². The van der Waals surface area contributed by atoms with Gasteiger partial charge in [-0.25, -0.2) is 0 Å². The maximum Gasteiger partial charge on any atom is 0.322 e. The second-order valence-corrected chi connectivity index (χ2v) is 4.61. The van der Waals surface area contributed by atoms with Crippen molar-refractivity contribution in [2.24, 2.45) is 11.8 Å². The summed E-state index contributed by atoms with van der Waals surface area (Å²) < 4.78 is 9.88. The summed E-state index contributed by atoms with van der Waals surface area (Å²) in [4.78, 5) is 22.7. The van der Waals surface area contributed by atoms with Crippen molar-refractivity contribution in [2.45, 2.75) is 32.1 Å². The number of hydrogen-bond donors (Lipinski definition) is 0. The molecule has 2 aliphatic carbocycles. The minimum Gasteiger partial charge on any atom is -0.431 e. The lowest BCUT2D eigenvalue weighted by Gasteiger charge is -2.07. The first kappa shape index (κ1) is 11.9. The molecule has 0 bridgehead atoms. The van der Waals surface area contributed by atoms with Crippen molar-refractivity contribution in [3.63, 3.8) is 0 Å². The second-order valence-electron chi connectivity index (χ2n) is 4.61. The zero-order valence-electron chi connectivity index (χ0n) is 9.74. The standard InChI is InChI=1S/C13H16O4/c1-8(10-3-4-10)16-12(14)7-13(15)17-9(2)11-5-6-11/h10-11H,1-7H2. The van der Waals surface area contributed by atoms with Crippen molar-refractivity contribution < 1.29 is 19.1 Å². The Labute approximate surface area is 100 Å². The first-order valence-electron chi connectivity index (χ1n) is 5.85. The van der Waals surface area contributed by atoms with E-state index < -0.39 is 11.9 Å². The number of rotatable bonds is 6. The van der Waals surface area contributed by atoms with E-state index in [9.17, 15) is 9.59 Å². The quantitative estimate of drug-likeness (QED) is 0.403. The van der Waals surface area contributed by atoms with Crippen LogP contribution in [0.5, 0.6) is 0 Å². The van der Waals surface area contributed by atoms with E-state index in [2.05, 4.69) is 13.2 Å². The van der Waals surface area contributed by atoms with Gasteiger partial charge in [-0.05, 0) is 25.7 Å². The third-order valence-corrected chi connectivity index (χ3v) is 2.84. The molecule has 0 aromatic rings. The summed E-state index contributed by atoms with van der Waals surface area (Å²) in [6, 6.07) is 0. The molecule has 17 heavy (non-hydrogen) atoms. The Morgan fingerprint density at radius 1 is 0.882 bits per heavy atom. The molecule has 0 aromatic carbocycles. The second kappa shape index (κ2) is 4.73. The number of esters is 2. The molecular formula is C13H16O4. The summed E-state index contributed by atoms with van der Waals surface area (Å²) in [5.74, 6) is 0.298. The van der Waals surface area contributed by atoms with E-state index >= 15 is 0 Å². The average Bonchev–Trinajstić information content (AvgIpc) is 3.10. The van der Waals surface area contributed by atoms with Gasteiger partial charge in [0.05, 0.1) is 0 Å². The largest absolute Gasteiger partial charge is 0.431 e. The van der Waals surface area contributed by atoms with E-state index in [0.29, 0.717) is 11.5 Å². The van der Waals surface area contributed by atoms with Crippen LogP contribution in [0.1, 0.15) is 32.1 Å². The molecule has 0 radical (unpaired) electrons. The number of carbonyl (C=O) groups excluding carboxylic acids is 2. The first-order valence-corrected chi connectivity index (χ1v) is 5.85. The molecule has 0 heterocycles. The van der Waals surface area contributed by atoms with Crippen molar-refractivity contribution in [1.29, 1.82) is 0 Å². The molecule has 0 spiro atoms. The third-order valence-electron chi connectivity index (χ3n) is 2.84. The molecular weight excluding hydrogens is 220 g/mol. The van der Waals surface area contributed by atoms with Gasteiger partial charge in [0.15, 0.2) is 0 Å². The SMILES string of the molecule is C=C(OC(=O)CC(=O)OC(=C)C1CC1)C1CC1. The summed E-state index contributed by atoms with van der Waals surface area (Å²) in [7, 11) is 0. The summed E-state index contributed by atoms with van der Waals surface area (Å²) in [5.41, 5.74) is 0. The highest BCUT2D eigenvalue weighted by Gasteiger charge is 2.30. The highest BCUT2D eigenvalue weighted by molar-refractivity contribution is 5.92. The molecule has 92 valence electrons. The molecule has 0 atom stereocenters. The Morgan fingerprint density at radius 3 is 1.53 bits per heavy atom. The lowest BCUT2D eigenvalue weighted by molar-refractivity contribution is -0.150. The number of ether oxygens (including phenoxy) is 2.